The number of carboxylic acids is 1. The van der Waals surface area contributed by atoms with Crippen molar-refractivity contribution in [2.24, 2.45) is 7.05 Å². The van der Waals surface area contributed by atoms with Crippen molar-refractivity contribution in [1.82, 2.24) is 30.4 Å². The van der Waals surface area contributed by atoms with Gasteiger partial charge in [0.1, 0.15) is 17.1 Å². The smallest absolute Gasteiger partial charge is 0.352 e. The van der Waals surface area contributed by atoms with Gasteiger partial charge in [-0.3, -0.25) is 14.5 Å². The molecule has 3 rings (SSSR count). The first kappa shape index (κ1) is 19.3. The van der Waals surface area contributed by atoms with Gasteiger partial charge in [0.05, 0.1) is 0 Å². The molecule has 0 spiro atoms. The molecule has 2 atom stereocenters. The van der Waals surface area contributed by atoms with Crippen LogP contribution >= 0.6 is 46.7 Å². The Morgan fingerprint density at radius 2 is 2.23 bits per heavy atom. The molecule has 0 aliphatic carbocycles. The average molecular weight is 439 g/mol. The minimum Gasteiger partial charge on any atom is -0.477 e. The summed E-state index contributed by atoms with van der Waals surface area (Å²) in [5, 5.41) is 23.1. The molecule has 2 aliphatic rings. The molecule has 0 radical (unpaired) electrons. The fourth-order valence-electron chi connectivity index (χ4n) is 2.51. The summed E-state index contributed by atoms with van der Waals surface area (Å²) in [5.41, 5.74) is 0.512. The fraction of sp³-hybridized carbons (Fsp3) is 0.500. The molecule has 2 aliphatic heterocycles. The third-order valence-electron chi connectivity index (χ3n) is 3.70. The minimum atomic E-state index is -1.30. The Labute approximate surface area is 165 Å². The molecule has 10 nitrogen and oxygen atoms in total. The maximum absolute atomic E-state index is 12.4. The zero-order valence-corrected chi connectivity index (χ0v) is 16.3. The highest BCUT2D eigenvalue weighted by Gasteiger charge is 2.54. The van der Waals surface area contributed by atoms with E-state index < -0.39 is 34.0 Å². The van der Waals surface area contributed by atoms with E-state index in [9.17, 15) is 19.5 Å². The number of aryl methyl sites for hydroxylation is 1. The van der Waals surface area contributed by atoms with Gasteiger partial charge in [-0.05, 0) is 16.0 Å². The van der Waals surface area contributed by atoms with Crippen molar-refractivity contribution in [3.63, 3.8) is 0 Å². The van der Waals surface area contributed by atoms with E-state index in [1.54, 1.807) is 7.05 Å². The van der Waals surface area contributed by atoms with Gasteiger partial charge in [0.25, 0.3) is 11.8 Å². The Morgan fingerprint density at radius 1 is 1.50 bits per heavy atom. The highest BCUT2D eigenvalue weighted by molar-refractivity contribution is 8.01. The summed E-state index contributed by atoms with van der Waals surface area (Å²) in [7, 11) is 1.67. The number of β-lactam (4-membered cyclic amide) rings is 1. The Balaban J connectivity index is 1.76. The summed E-state index contributed by atoms with van der Waals surface area (Å²) in [6.07, 6.45) is 0. The summed E-state index contributed by atoms with van der Waals surface area (Å²) >= 11 is 13.6. The number of nitrogens with one attached hydrogen (secondary N) is 1. The SMILES string of the molecule is Cn1nnnc1SCC1=C(C(=O)O)N2C(=O)[C@H](NC(=O)C(Cl)Cl)[C@@H]2SC1. The molecule has 26 heavy (non-hydrogen) atoms. The molecule has 0 saturated carbocycles. The number of alkyl halides is 2. The number of aliphatic carboxylic acids is 1. The van der Waals surface area contributed by atoms with Crippen LogP contribution in [0.2, 0.25) is 0 Å². The topological polar surface area (TPSA) is 130 Å². The number of amides is 2. The minimum absolute atomic E-state index is 0.0693. The number of hydrogen-bond donors (Lipinski definition) is 2. The van der Waals surface area contributed by atoms with Gasteiger partial charge >= 0.3 is 5.97 Å². The number of carbonyl (C=O) groups excluding carboxylic acids is 2. The fourth-order valence-corrected chi connectivity index (χ4v) is 4.97. The Bertz CT molecular complexity index is 800. The predicted octanol–water partition coefficient (Wildman–Crippen LogP) is -0.155. The van der Waals surface area contributed by atoms with Crippen LogP contribution in [0.3, 0.4) is 0 Å². The molecule has 14 heteroatoms. The standard InChI is InChI=1S/C12H12Cl2N6O4S2/c1-19-12(16-17-18-19)26-3-4-2-25-10-5(15-8(21)7(13)14)9(22)20(10)6(4)11(23)24/h5,7,10H,2-3H2,1H3,(H,15,21)(H,23,24)/t5-,10-/m0/s1. The van der Waals surface area contributed by atoms with Crippen molar-refractivity contribution in [3.8, 4) is 0 Å². The lowest BCUT2D eigenvalue weighted by Gasteiger charge is -2.49. The lowest BCUT2D eigenvalue weighted by atomic mass is 10.0. The highest BCUT2D eigenvalue weighted by Crippen LogP contribution is 2.41. The number of thioether (sulfide) groups is 2. The van der Waals surface area contributed by atoms with Crippen molar-refractivity contribution in [2.75, 3.05) is 11.5 Å². The summed E-state index contributed by atoms with van der Waals surface area (Å²) in [4.78, 5) is 35.6. The number of carboxylic acid groups (broad SMARTS) is 1. The third-order valence-corrected chi connectivity index (χ3v) is 6.54. The second-order valence-electron chi connectivity index (χ2n) is 5.33. The molecule has 0 unspecified atom stereocenters. The molecule has 0 aromatic carbocycles. The number of tetrazole rings is 1. The molecule has 1 saturated heterocycles. The maximum atomic E-state index is 12.4. The first-order valence-electron chi connectivity index (χ1n) is 7.15. The van der Waals surface area contributed by atoms with Gasteiger partial charge in [-0.15, -0.1) is 16.9 Å². The molecule has 3 heterocycles. The maximum Gasteiger partial charge on any atom is 0.352 e. The monoisotopic (exact) mass is 438 g/mol. The van der Waals surface area contributed by atoms with Crippen LogP contribution in [0.4, 0.5) is 0 Å². The van der Waals surface area contributed by atoms with Crippen molar-refractivity contribution >= 4 is 64.5 Å². The number of hydrogen-bond acceptors (Lipinski definition) is 8. The zero-order valence-electron chi connectivity index (χ0n) is 13.1. The largest absolute Gasteiger partial charge is 0.477 e. The average Bonchev–Trinajstić information content (AvgIpc) is 3.01. The van der Waals surface area contributed by atoms with Crippen LogP contribution in [0.15, 0.2) is 16.4 Å². The van der Waals surface area contributed by atoms with Crippen LogP contribution in [0, 0.1) is 0 Å². The van der Waals surface area contributed by atoms with E-state index in [0.29, 0.717) is 22.2 Å². The van der Waals surface area contributed by atoms with E-state index in [2.05, 4.69) is 20.8 Å². The van der Waals surface area contributed by atoms with Gasteiger partial charge in [0, 0.05) is 18.6 Å². The second kappa shape index (κ2) is 7.62. The van der Waals surface area contributed by atoms with E-state index in [-0.39, 0.29) is 5.70 Å². The van der Waals surface area contributed by atoms with E-state index >= 15 is 0 Å². The van der Waals surface area contributed by atoms with E-state index in [4.69, 9.17) is 23.2 Å². The third kappa shape index (κ3) is 3.50. The van der Waals surface area contributed by atoms with Gasteiger partial charge in [0.2, 0.25) is 5.16 Å². The first-order valence-corrected chi connectivity index (χ1v) is 10.1. The van der Waals surface area contributed by atoms with Gasteiger partial charge in [-0.2, -0.15) is 0 Å². The van der Waals surface area contributed by atoms with Crippen LogP contribution < -0.4 is 5.32 Å². The van der Waals surface area contributed by atoms with Crippen LogP contribution in [-0.2, 0) is 21.4 Å². The van der Waals surface area contributed by atoms with Crippen molar-refractivity contribution in [1.29, 1.82) is 0 Å². The Morgan fingerprint density at radius 3 is 2.81 bits per heavy atom. The number of nitrogens with zero attached hydrogens (tertiary/aromatic N) is 5. The lowest BCUT2D eigenvalue weighted by Crippen LogP contribution is -2.71. The number of halogens is 2. The highest BCUT2D eigenvalue weighted by atomic mass is 35.5. The number of rotatable bonds is 6. The molecule has 2 N–H and O–H groups in total. The molecule has 0 bridgehead atoms. The summed E-state index contributed by atoms with van der Waals surface area (Å²) in [6, 6.07) is -0.848. The van der Waals surface area contributed by atoms with Gasteiger partial charge in [-0.1, -0.05) is 35.0 Å². The van der Waals surface area contributed by atoms with E-state index in [0.717, 1.165) is 0 Å². The van der Waals surface area contributed by atoms with Crippen LogP contribution in [0.5, 0.6) is 0 Å². The van der Waals surface area contributed by atoms with Crippen molar-refractivity contribution in [2.45, 2.75) is 21.4 Å². The van der Waals surface area contributed by atoms with E-state index in [1.165, 1.54) is 33.1 Å². The molecular formula is C12H12Cl2N6O4S2. The van der Waals surface area contributed by atoms with Crippen molar-refractivity contribution < 1.29 is 19.5 Å². The van der Waals surface area contributed by atoms with Crippen molar-refractivity contribution in [3.05, 3.63) is 11.3 Å². The van der Waals surface area contributed by atoms with Crippen LogP contribution in [-0.4, -0.2) is 75.8 Å². The molecule has 1 aromatic rings. The van der Waals surface area contributed by atoms with Gasteiger partial charge < -0.3 is 10.4 Å². The molecule has 1 fully saturated rings. The first-order chi connectivity index (χ1) is 12.3. The van der Waals surface area contributed by atoms with Gasteiger partial charge in [0.15, 0.2) is 4.84 Å². The lowest BCUT2D eigenvalue weighted by molar-refractivity contribution is -0.150. The number of fused-ring (bicyclic) bond motifs is 1. The number of carbonyl (C=O) groups is 3. The van der Waals surface area contributed by atoms with E-state index in [1.807, 2.05) is 0 Å². The summed E-state index contributed by atoms with van der Waals surface area (Å²) < 4.78 is 1.47. The van der Waals surface area contributed by atoms with Gasteiger partial charge in [-0.25, -0.2) is 9.48 Å². The molecular weight excluding hydrogens is 427 g/mol. The quantitative estimate of drug-likeness (QED) is 0.353. The number of aromatic nitrogens is 4. The summed E-state index contributed by atoms with van der Waals surface area (Å²) in [6.45, 7) is 0. The normalized spacial score (nSPS) is 22.3. The summed E-state index contributed by atoms with van der Waals surface area (Å²) in [5.74, 6) is -1.69. The Kier molecular flexibility index (Phi) is 5.65. The second-order valence-corrected chi connectivity index (χ2v) is 8.47. The molecule has 2 amide bonds. The molecule has 1 aromatic heterocycles. The van der Waals surface area contributed by atoms with Crippen LogP contribution in [0.1, 0.15) is 0 Å². The zero-order chi connectivity index (χ0) is 19.0. The Hall–Kier alpha value is -1.50. The van der Waals surface area contributed by atoms with Crippen LogP contribution in [0.25, 0.3) is 0 Å². The molecule has 140 valence electrons. The predicted molar refractivity (Wildman–Crippen MR) is 94.7 cm³/mol.